The number of aromatic nitrogens is 3. The molecule has 13 aromatic rings. The standard InChI is InChI=1S/C57H45N3/c1-55(2,3)31-22-37-43-34(19-28-13-10-16-58-52(28)40(43)25-31)46-49(37)47-35-20-29-14-11-17-59-53(29)41-26-32(56(4,5)6)23-38(44(35)41)51(47)48-36-21-30-15-12-18-60-54(30)42-27-33(57(7,8)9)24-39(45(36)42)50(46)48/h10-27H,1-9H3. The summed E-state index contributed by atoms with van der Waals surface area (Å²) in [6.45, 7) is 21.1. The van der Waals surface area contributed by atoms with Crippen LogP contribution in [0.15, 0.2) is 110 Å². The number of benzene rings is 7. The van der Waals surface area contributed by atoms with Crippen LogP contribution < -0.4 is 0 Å². The van der Waals surface area contributed by atoms with Crippen molar-refractivity contribution in [2.24, 2.45) is 0 Å². The van der Waals surface area contributed by atoms with Gasteiger partial charge in [-0.3, -0.25) is 15.0 Å². The van der Waals surface area contributed by atoms with Crippen molar-refractivity contribution >= 4 is 130 Å². The topological polar surface area (TPSA) is 38.7 Å². The fraction of sp³-hybridized carbons (Fsp3) is 0.211. The number of hydrogen-bond acceptors (Lipinski definition) is 3. The average Bonchev–Trinajstić information content (AvgIpc) is 3.83. The predicted octanol–water partition coefficient (Wildman–Crippen LogP) is 15.9. The molecular weight excluding hydrogens is 727 g/mol. The Hall–Kier alpha value is -6.45. The molecule has 3 heterocycles. The Morgan fingerprint density at radius 1 is 0.283 bits per heavy atom. The van der Waals surface area contributed by atoms with Gasteiger partial charge in [0.05, 0.1) is 16.6 Å². The molecule has 3 nitrogen and oxygen atoms in total. The average molecular weight is 772 g/mol. The van der Waals surface area contributed by atoms with Crippen molar-refractivity contribution in [2.75, 3.05) is 0 Å². The maximum absolute atomic E-state index is 5.10. The molecule has 3 heteroatoms. The van der Waals surface area contributed by atoms with Crippen LogP contribution >= 0.6 is 0 Å². The number of nitrogens with zero attached hydrogens (tertiary/aromatic N) is 3. The normalized spacial score (nSPS) is 13.8. The first kappa shape index (κ1) is 34.4. The van der Waals surface area contributed by atoms with E-state index in [4.69, 9.17) is 15.0 Å². The zero-order valence-electron chi connectivity index (χ0n) is 35.7. The van der Waals surface area contributed by atoms with Crippen molar-refractivity contribution in [1.82, 2.24) is 15.0 Å². The molecule has 0 atom stereocenters. The van der Waals surface area contributed by atoms with Crippen LogP contribution in [0, 0.1) is 0 Å². The Labute approximate surface area is 348 Å². The first-order valence-electron chi connectivity index (χ1n) is 21.5. The molecule has 3 aromatic heterocycles. The van der Waals surface area contributed by atoms with Gasteiger partial charge in [0.1, 0.15) is 0 Å². The number of fused-ring (bicyclic) bond motifs is 18. The van der Waals surface area contributed by atoms with E-state index < -0.39 is 0 Å². The van der Waals surface area contributed by atoms with Gasteiger partial charge in [-0.2, -0.15) is 0 Å². The first-order valence-corrected chi connectivity index (χ1v) is 21.5. The molecule has 0 fully saturated rings. The van der Waals surface area contributed by atoms with E-state index in [2.05, 4.69) is 153 Å². The smallest absolute Gasteiger partial charge is 0.0781 e. The molecule has 0 aliphatic rings. The van der Waals surface area contributed by atoms with Crippen LogP contribution in [-0.2, 0) is 16.2 Å². The summed E-state index contributed by atoms with van der Waals surface area (Å²) in [4.78, 5) is 15.3. The molecule has 0 unspecified atom stereocenters. The molecule has 0 aliphatic heterocycles. The summed E-state index contributed by atoms with van der Waals surface area (Å²) in [7, 11) is 0. The SMILES string of the molecule is CC(C)(C)c1cc2c3ncccc3cc3c2c(c1)c1c2c4cc5cccnc5c5cc(C(C)(C)C)cc(c54)c2c2c4cc5cccnc5c5cc(C(C)(C)C)cc(c54)c2c31. The summed E-state index contributed by atoms with van der Waals surface area (Å²) in [5, 5.41) is 27.2. The quantitative estimate of drug-likeness (QED) is 0.144. The molecule has 60 heavy (non-hydrogen) atoms. The van der Waals surface area contributed by atoms with Gasteiger partial charge in [-0.05, 0) is 187 Å². The van der Waals surface area contributed by atoms with Crippen molar-refractivity contribution in [3.05, 3.63) is 126 Å². The molecule has 0 amide bonds. The van der Waals surface area contributed by atoms with E-state index in [0.717, 1.165) is 16.6 Å². The van der Waals surface area contributed by atoms with E-state index in [-0.39, 0.29) is 16.2 Å². The van der Waals surface area contributed by atoms with Gasteiger partial charge in [-0.15, -0.1) is 0 Å². The lowest BCUT2D eigenvalue weighted by Crippen LogP contribution is -2.10. The van der Waals surface area contributed by atoms with Gasteiger partial charge in [0, 0.05) is 50.9 Å². The molecule has 0 bridgehead atoms. The number of hydrogen-bond donors (Lipinski definition) is 0. The summed E-state index contributed by atoms with van der Waals surface area (Å²) in [6.07, 6.45) is 5.87. The van der Waals surface area contributed by atoms with Crippen molar-refractivity contribution < 1.29 is 0 Å². The molecule has 10 aromatic carbocycles. The third kappa shape index (κ3) is 4.23. The molecule has 0 aliphatic carbocycles. The van der Waals surface area contributed by atoms with E-state index in [0.29, 0.717) is 0 Å². The van der Waals surface area contributed by atoms with Gasteiger partial charge >= 0.3 is 0 Å². The van der Waals surface area contributed by atoms with E-state index in [1.54, 1.807) is 0 Å². The van der Waals surface area contributed by atoms with Crippen LogP contribution in [0.25, 0.3) is 130 Å². The van der Waals surface area contributed by atoms with Gasteiger partial charge in [-0.1, -0.05) is 80.5 Å². The molecule has 0 saturated heterocycles. The molecule has 13 rings (SSSR count). The molecule has 0 N–H and O–H groups in total. The Balaban J connectivity index is 1.47. The summed E-state index contributed by atoms with van der Waals surface area (Å²) >= 11 is 0. The zero-order chi connectivity index (χ0) is 40.9. The molecule has 288 valence electrons. The highest BCUT2D eigenvalue weighted by Gasteiger charge is 2.31. The van der Waals surface area contributed by atoms with Crippen LogP contribution in [0.4, 0.5) is 0 Å². The van der Waals surface area contributed by atoms with Crippen LogP contribution in [0.5, 0.6) is 0 Å². The van der Waals surface area contributed by atoms with Crippen molar-refractivity contribution in [3.8, 4) is 0 Å². The molecule has 0 radical (unpaired) electrons. The van der Waals surface area contributed by atoms with E-state index >= 15 is 0 Å². The maximum atomic E-state index is 5.10. The second-order valence-electron chi connectivity index (χ2n) is 20.8. The largest absolute Gasteiger partial charge is 0.256 e. The third-order valence-electron chi connectivity index (χ3n) is 14.1. The summed E-state index contributed by atoms with van der Waals surface area (Å²) < 4.78 is 0. The summed E-state index contributed by atoms with van der Waals surface area (Å²) in [5.41, 5.74) is 6.96. The predicted molar refractivity (Wildman–Crippen MR) is 260 cm³/mol. The minimum atomic E-state index is -0.0759. The second kappa shape index (κ2) is 10.8. The Kier molecular flexibility index (Phi) is 6.21. The van der Waals surface area contributed by atoms with E-state index in [1.165, 1.54) is 130 Å². The van der Waals surface area contributed by atoms with Crippen molar-refractivity contribution in [2.45, 2.75) is 78.6 Å². The van der Waals surface area contributed by atoms with E-state index in [1.807, 2.05) is 18.6 Å². The van der Waals surface area contributed by atoms with Crippen LogP contribution in [0.3, 0.4) is 0 Å². The maximum Gasteiger partial charge on any atom is 0.0781 e. The Morgan fingerprint density at radius 2 is 0.517 bits per heavy atom. The fourth-order valence-corrected chi connectivity index (χ4v) is 11.2. The Morgan fingerprint density at radius 3 is 0.767 bits per heavy atom. The summed E-state index contributed by atoms with van der Waals surface area (Å²) in [6, 6.07) is 35.3. The minimum absolute atomic E-state index is 0.0759. The molecule has 0 spiro atoms. The minimum Gasteiger partial charge on any atom is -0.256 e. The van der Waals surface area contributed by atoms with Gasteiger partial charge in [0.2, 0.25) is 0 Å². The third-order valence-corrected chi connectivity index (χ3v) is 14.1. The van der Waals surface area contributed by atoms with Crippen molar-refractivity contribution in [1.29, 1.82) is 0 Å². The highest BCUT2D eigenvalue weighted by atomic mass is 14.7. The zero-order valence-corrected chi connectivity index (χ0v) is 35.7. The van der Waals surface area contributed by atoms with Crippen LogP contribution in [-0.4, -0.2) is 15.0 Å². The van der Waals surface area contributed by atoms with Gasteiger partial charge in [0.15, 0.2) is 0 Å². The number of pyridine rings is 3. The highest BCUT2D eigenvalue weighted by molar-refractivity contribution is 6.57. The van der Waals surface area contributed by atoms with Crippen LogP contribution in [0.1, 0.15) is 79.0 Å². The van der Waals surface area contributed by atoms with E-state index in [9.17, 15) is 0 Å². The number of rotatable bonds is 0. The van der Waals surface area contributed by atoms with Gasteiger partial charge in [0.25, 0.3) is 0 Å². The van der Waals surface area contributed by atoms with Crippen LogP contribution in [0.2, 0.25) is 0 Å². The first-order chi connectivity index (χ1) is 28.7. The second-order valence-corrected chi connectivity index (χ2v) is 20.8. The monoisotopic (exact) mass is 771 g/mol. The molecule has 0 saturated carbocycles. The lowest BCUT2D eigenvalue weighted by molar-refractivity contribution is 0.591. The van der Waals surface area contributed by atoms with Crippen molar-refractivity contribution in [3.63, 3.8) is 0 Å². The lowest BCUT2D eigenvalue weighted by atomic mass is 9.84. The fourth-order valence-electron chi connectivity index (χ4n) is 11.2. The lowest BCUT2D eigenvalue weighted by Gasteiger charge is -2.20. The summed E-state index contributed by atoms with van der Waals surface area (Å²) in [5.74, 6) is 0. The Bertz CT molecular complexity index is 3590. The highest BCUT2D eigenvalue weighted by Crippen LogP contribution is 2.58. The molecular formula is C57H45N3. The van der Waals surface area contributed by atoms with Gasteiger partial charge < -0.3 is 0 Å². The van der Waals surface area contributed by atoms with Gasteiger partial charge in [-0.25, -0.2) is 0 Å².